The van der Waals surface area contributed by atoms with Gasteiger partial charge in [-0.05, 0) is 54.6 Å². The van der Waals surface area contributed by atoms with Gasteiger partial charge in [0.05, 0.1) is 7.11 Å². The summed E-state index contributed by atoms with van der Waals surface area (Å²) < 4.78 is 23.3. The van der Waals surface area contributed by atoms with Crippen molar-refractivity contribution in [2.24, 2.45) is 0 Å². The highest BCUT2D eigenvalue weighted by Crippen LogP contribution is 2.35. The van der Waals surface area contributed by atoms with Gasteiger partial charge in [-0.3, -0.25) is 4.79 Å². The molecule has 1 N–H and O–H groups in total. The van der Waals surface area contributed by atoms with E-state index in [0.717, 1.165) is 11.3 Å². The van der Waals surface area contributed by atoms with Crippen molar-refractivity contribution in [2.75, 3.05) is 20.4 Å². The molecule has 0 saturated carbocycles. The molecule has 2 aromatic carbocycles. The maximum atomic E-state index is 12.3. The van der Waals surface area contributed by atoms with Gasteiger partial charge >= 0.3 is 0 Å². The SMILES string of the molecule is COc1ccc(C(=O)NCCn2cccc2-c2nc(-c3ccc4c(c3)OCO4)no2)cc1. The summed E-state index contributed by atoms with van der Waals surface area (Å²) in [6.07, 6.45) is 1.90. The zero-order valence-electron chi connectivity index (χ0n) is 17.3. The summed E-state index contributed by atoms with van der Waals surface area (Å²) in [5.74, 6) is 2.76. The van der Waals surface area contributed by atoms with Gasteiger partial charge in [0.15, 0.2) is 11.5 Å². The van der Waals surface area contributed by atoms with Crippen molar-refractivity contribution >= 4 is 5.91 Å². The van der Waals surface area contributed by atoms with Crippen molar-refractivity contribution < 1.29 is 23.5 Å². The van der Waals surface area contributed by atoms with Crippen molar-refractivity contribution in [1.82, 2.24) is 20.0 Å². The number of ether oxygens (including phenoxy) is 3. The maximum absolute atomic E-state index is 12.3. The van der Waals surface area contributed by atoms with E-state index in [2.05, 4.69) is 15.5 Å². The highest BCUT2D eigenvalue weighted by Gasteiger charge is 2.18. The van der Waals surface area contributed by atoms with Crippen LogP contribution >= 0.6 is 0 Å². The van der Waals surface area contributed by atoms with Crippen molar-refractivity contribution in [1.29, 1.82) is 0 Å². The van der Waals surface area contributed by atoms with Crippen LogP contribution in [0.1, 0.15) is 10.4 Å². The van der Waals surface area contributed by atoms with Crippen molar-refractivity contribution in [2.45, 2.75) is 6.54 Å². The second-order valence-electron chi connectivity index (χ2n) is 7.06. The third-order valence-electron chi connectivity index (χ3n) is 5.10. The monoisotopic (exact) mass is 432 g/mol. The first-order valence-electron chi connectivity index (χ1n) is 10.0. The van der Waals surface area contributed by atoms with Gasteiger partial charge in [0.1, 0.15) is 11.4 Å². The van der Waals surface area contributed by atoms with Crippen molar-refractivity contribution in [3.05, 3.63) is 66.4 Å². The fourth-order valence-corrected chi connectivity index (χ4v) is 3.42. The van der Waals surface area contributed by atoms with E-state index in [9.17, 15) is 4.79 Å². The molecule has 9 heteroatoms. The fourth-order valence-electron chi connectivity index (χ4n) is 3.42. The van der Waals surface area contributed by atoms with Crippen LogP contribution in [-0.4, -0.2) is 41.1 Å². The van der Waals surface area contributed by atoms with E-state index < -0.39 is 0 Å². The Kier molecular flexibility index (Phi) is 5.20. The lowest BCUT2D eigenvalue weighted by molar-refractivity contribution is 0.0952. The van der Waals surface area contributed by atoms with Crippen LogP contribution in [0.15, 0.2) is 65.3 Å². The van der Waals surface area contributed by atoms with Crippen LogP contribution in [-0.2, 0) is 6.54 Å². The molecule has 5 rings (SSSR count). The molecule has 1 amide bonds. The van der Waals surface area contributed by atoms with Crippen molar-refractivity contribution in [3.8, 4) is 40.2 Å². The average molecular weight is 432 g/mol. The molecule has 162 valence electrons. The van der Waals surface area contributed by atoms with Gasteiger partial charge in [0.2, 0.25) is 12.6 Å². The van der Waals surface area contributed by atoms with E-state index >= 15 is 0 Å². The molecule has 4 aromatic rings. The van der Waals surface area contributed by atoms with Gasteiger partial charge in [-0.25, -0.2) is 0 Å². The second-order valence-corrected chi connectivity index (χ2v) is 7.06. The Bertz CT molecular complexity index is 1250. The minimum absolute atomic E-state index is 0.149. The van der Waals surface area contributed by atoms with E-state index in [1.54, 1.807) is 31.4 Å². The van der Waals surface area contributed by atoms with Crippen LogP contribution in [0.4, 0.5) is 0 Å². The Hall–Kier alpha value is -4.27. The summed E-state index contributed by atoms with van der Waals surface area (Å²) in [6, 6.07) is 16.3. The predicted molar refractivity (Wildman–Crippen MR) is 115 cm³/mol. The molecule has 0 saturated heterocycles. The summed E-state index contributed by atoms with van der Waals surface area (Å²) in [6.45, 7) is 1.19. The molecule has 0 radical (unpaired) electrons. The lowest BCUT2D eigenvalue weighted by atomic mass is 10.2. The van der Waals surface area contributed by atoms with Gasteiger partial charge in [-0.2, -0.15) is 4.98 Å². The minimum Gasteiger partial charge on any atom is -0.497 e. The van der Waals surface area contributed by atoms with E-state index in [-0.39, 0.29) is 12.7 Å². The Balaban J connectivity index is 1.24. The molecule has 0 atom stereocenters. The van der Waals surface area contributed by atoms with E-state index in [1.165, 1.54) is 0 Å². The predicted octanol–water partition coefficient (Wildman–Crippen LogP) is 3.37. The molecule has 0 aliphatic carbocycles. The van der Waals surface area contributed by atoms with Gasteiger partial charge < -0.3 is 28.6 Å². The summed E-state index contributed by atoms with van der Waals surface area (Å²) >= 11 is 0. The number of benzene rings is 2. The molecule has 0 spiro atoms. The number of methoxy groups -OCH3 is 1. The lowest BCUT2D eigenvalue weighted by Crippen LogP contribution is -2.27. The number of amides is 1. The Labute approximate surface area is 183 Å². The quantitative estimate of drug-likeness (QED) is 0.478. The first-order valence-corrected chi connectivity index (χ1v) is 10.0. The van der Waals surface area contributed by atoms with Gasteiger partial charge in [0, 0.05) is 30.4 Å². The number of nitrogens with one attached hydrogen (secondary N) is 1. The van der Waals surface area contributed by atoms with Crippen LogP contribution in [0, 0.1) is 0 Å². The number of aromatic nitrogens is 3. The molecule has 9 nitrogen and oxygen atoms in total. The molecule has 2 aromatic heterocycles. The molecule has 0 bridgehead atoms. The third kappa shape index (κ3) is 3.87. The normalized spacial score (nSPS) is 12.0. The number of carbonyl (C=O) groups excluding carboxylic acids is 1. The molecule has 0 fully saturated rings. The average Bonchev–Trinajstić information content (AvgIpc) is 3.58. The van der Waals surface area contributed by atoms with E-state index in [1.807, 2.05) is 41.1 Å². The number of nitrogens with zero attached hydrogens (tertiary/aromatic N) is 3. The number of fused-ring (bicyclic) bond motifs is 1. The van der Waals surface area contributed by atoms with Crippen LogP contribution in [0.3, 0.4) is 0 Å². The fraction of sp³-hybridized carbons (Fsp3) is 0.174. The highest BCUT2D eigenvalue weighted by atomic mass is 16.7. The molecule has 32 heavy (non-hydrogen) atoms. The first kappa shape index (κ1) is 19.7. The van der Waals surface area contributed by atoms with Gasteiger partial charge in [0.25, 0.3) is 11.8 Å². The Morgan fingerprint density at radius 1 is 1.12 bits per heavy atom. The Morgan fingerprint density at radius 2 is 1.97 bits per heavy atom. The molecular formula is C23H20N4O5. The van der Waals surface area contributed by atoms with Gasteiger partial charge in [-0.1, -0.05) is 5.16 Å². The second kappa shape index (κ2) is 8.46. The maximum Gasteiger partial charge on any atom is 0.274 e. The Morgan fingerprint density at radius 3 is 2.81 bits per heavy atom. The number of hydrogen-bond acceptors (Lipinski definition) is 7. The van der Waals surface area contributed by atoms with E-state index in [4.69, 9.17) is 18.7 Å². The van der Waals surface area contributed by atoms with Crippen LogP contribution in [0.5, 0.6) is 17.2 Å². The largest absolute Gasteiger partial charge is 0.497 e. The number of carbonyl (C=O) groups is 1. The third-order valence-corrected chi connectivity index (χ3v) is 5.10. The lowest BCUT2D eigenvalue weighted by Gasteiger charge is -2.09. The number of rotatable bonds is 7. The minimum atomic E-state index is -0.149. The smallest absolute Gasteiger partial charge is 0.274 e. The molecular weight excluding hydrogens is 412 g/mol. The van der Waals surface area contributed by atoms with E-state index in [0.29, 0.717) is 47.6 Å². The molecule has 0 unspecified atom stereocenters. The molecule has 1 aliphatic rings. The summed E-state index contributed by atoms with van der Waals surface area (Å²) in [5.41, 5.74) is 2.11. The summed E-state index contributed by atoms with van der Waals surface area (Å²) in [4.78, 5) is 16.9. The molecule has 1 aliphatic heterocycles. The van der Waals surface area contributed by atoms with Crippen LogP contribution < -0.4 is 19.5 Å². The zero-order valence-corrected chi connectivity index (χ0v) is 17.3. The first-order chi connectivity index (χ1) is 15.7. The molecule has 3 heterocycles. The summed E-state index contributed by atoms with van der Waals surface area (Å²) in [5, 5.41) is 7.01. The van der Waals surface area contributed by atoms with Crippen molar-refractivity contribution in [3.63, 3.8) is 0 Å². The number of hydrogen-bond donors (Lipinski definition) is 1. The topological polar surface area (TPSA) is 101 Å². The standard InChI is InChI=1S/C23H20N4O5/c1-29-17-7-4-15(5-8-17)22(28)24-10-12-27-11-2-3-18(27)23-25-21(26-32-23)16-6-9-19-20(13-16)31-14-30-19/h2-9,11,13H,10,12,14H2,1H3,(H,24,28). The van der Waals surface area contributed by atoms with Gasteiger partial charge in [-0.15, -0.1) is 0 Å². The van der Waals surface area contributed by atoms with Crippen LogP contribution in [0.2, 0.25) is 0 Å². The van der Waals surface area contributed by atoms with Crippen LogP contribution in [0.25, 0.3) is 23.0 Å². The summed E-state index contributed by atoms with van der Waals surface area (Å²) in [7, 11) is 1.59. The highest BCUT2D eigenvalue weighted by molar-refractivity contribution is 5.94. The zero-order chi connectivity index (χ0) is 21.9.